The minimum absolute atomic E-state index is 0.133. The maximum absolute atomic E-state index is 13.5. The van der Waals surface area contributed by atoms with Crippen LogP contribution in [0.15, 0.2) is 114 Å². The molecule has 4 rings (SSSR count). The van der Waals surface area contributed by atoms with Gasteiger partial charge in [-0.3, -0.25) is 24.5 Å². The fourth-order valence-corrected chi connectivity index (χ4v) is 5.52. The highest BCUT2D eigenvalue weighted by Gasteiger charge is 2.21. The fraction of sp³-hybridized carbons (Fsp3) is 0.189. The van der Waals surface area contributed by atoms with Crippen LogP contribution in [0, 0.1) is 10.1 Å². The van der Waals surface area contributed by atoms with Crippen LogP contribution >= 0.6 is 11.8 Å². The molecule has 1 unspecified atom stereocenters. The van der Waals surface area contributed by atoms with E-state index < -0.39 is 28.0 Å². The molecular formula is C37H36N4O7S. The summed E-state index contributed by atoms with van der Waals surface area (Å²) in [4.78, 5) is 63.6. The Balaban J connectivity index is 1.47. The van der Waals surface area contributed by atoms with Crippen LogP contribution in [0.4, 0.5) is 17.1 Å². The van der Waals surface area contributed by atoms with Crippen LogP contribution in [0.3, 0.4) is 0 Å². The summed E-state index contributed by atoms with van der Waals surface area (Å²) in [5.41, 5.74) is 1.31. The number of thioether (sulfide) groups is 1. The van der Waals surface area contributed by atoms with Gasteiger partial charge in [-0.05, 0) is 79.6 Å². The van der Waals surface area contributed by atoms with Gasteiger partial charge in [0, 0.05) is 27.9 Å². The van der Waals surface area contributed by atoms with Crippen LogP contribution in [0.2, 0.25) is 0 Å². The van der Waals surface area contributed by atoms with E-state index in [2.05, 4.69) is 16.0 Å². The van der Waals surface area contributed by atoms with Crippen molar-refractivity contribution >= 4 is 58.6 Å². The van der Waals surface area contributed by atoms with Crippen LogP contribution < -0.4 is 16.0 Å². The predicted molar refractivity (Wildman–Crippen MR) is 190 cm³/mol. The van der Waals surface area contributed by atoms with Crippen LogP contribution in [-0.4, -0.2) is 40.5 Å². The van der Waals surface area contributed by atoms with Crippen molar-refractivity contribution in [2.24, 2.45) is 0 Å². The maximum Gasteiger partial charge on any atom is 0.338 e. The van der Waals surface area contributed by atoms with Crippen molar-refractivity contribution in [1.82, 2.24) is 5.32 Å². The summed E-state index contributed by atoms with van der Waals surface area (Å²) in [5, 5.41) is 19.4. The Kier molecular flexibility index (Phi) is 13.2. The largest absolute Gasteiger partial charge is 0.462 e. The van der Waals surface area contributed by atoms with Gasteiger partial charge in [0.1, 0.15) is 5.70 Å². The molecule has 11 nitrogen and oxygen atoms in total. The SMILES string of the molecule is CCCCOC(=O)c1ccc(NC(=O)C(CC)Sc2cccc(NC(=O)/C(=C\c3ccccc3[N+](=O)[O-])NC(=O)c3ccccc3)c2)cc1. The van der Waals surface area contributed by atoms with Gasteiger partial charge in [0.2, 0.25) is 5.91 Å². The number of nitro groups is 1. The number of nitrogens with one attached hydrogen (secondary N) is 3. The molecule has 0 heterocycles. The van der Waals surface area contributed by atoms with Gasteiger partial charge in [0.05, 0.1) is 27.9 Å². The molecule has 49 heavy (non-hydrogen) atoms. The van der Waals surface area contributed by atoms with Gasteiger partial charge in [0.15, 0.2) is 0 Å². The topological polar surface area (TPSA) is 157 Å². The number of benzene rings is 4. The standard InChI is InChI=1S/C37H36N4O7S/c1-3-5-22-48-37(45)26-18-20-28(21-19-26)38-36(44)33(4-2)49-30-16-11-15-29(24-30)39-35(43)31(40-34(42)25-12-7-6-8-13-25)23-27-14-9-10-17-32(27)41(46)47/h6-21,23-24,33H,3-5,22H2,1-2H3,(H,38,44)(H,39,43)(H,40,42)/b31-23+. The highest BCUT2D eigenvalue weighted by molar-refractivity contribution is 8.00. The Morgan fingerprint density at radius 3 is 2.24 bits per heavy atom. The lowest BCUT2D eigenvalue weighted by Crippen LogP contribution is -2.30. The zero-order valence-corrected chi connectivity index (χ0v) is 27.8. The number of hydrogen-bond donors (Lipinski definition) is 3. The number of rotatable bonds is 15. The van der Waals surface area contributed by atoms with Crippen LogP contribution in [0.25, 0.3) is 6.08 Å². The lowest BCUT2D eigenvalue weighted by atomic mass is 10.1. The molecule has 0 aliphatic heterocycles. The Labute approximate surface area is 288 Å². The molecule has 3 N–H and O–H groups in total. The molecule has 0 aliphatic rings. The summed E-state index contributed by atoms with van der Waals surface area (Å²) in [7, 11) is 0. The van der Waals surface area contributed by atoms with E-state index in [0.29, 0.717) is 40.4 Å². The lowest BCUT2D eigenvalue weighted by Gasteiger charge is -2.16. The first-order valence-electron chi connectivity index (χ1n) is 15.7. The number of anilines is 2. The lowest BCUT2D eigenvalue weighted by molar-refractivity contribution is -0.385. The molecule has 3 amide bonds. The molecule has 1 atom stereocenters. The smallest absolute Gasteiger partial charge is 0.338 e. The summed E-state index contributed by atoms with van der Waals surface area (Å²) in [6.07, 6.45) is 3.47. The number of hydrogen-bond acceptors (Lipinski definition) is 8. The Bertz CT molecular complexity index is 1830. The molecule has 4 aromatic carbocycles. The van der Waals surface area contributed by atoms with Gasteiger partial charge < -0.3 is 20.7 Å². The molecule has 12 heteroatoms. The molecule has 0 bridgehead atoms. The first-order valence-corrected chi connectivity index (χ1v) is 16.5. The number of unbranched alkanes of at least 4 members (excludes halogenated alkanes) is 1. The van der Waals surface area contributed by atoms with Crippen molar-refractivity contribution < 1.29 is 28.8 Å². The van der Waals surface area contributed by atoms with Crippen molar-refractivity contribution in [1.29, 1.82) is 0 Å². The molecule has 0 saturated carbocycles. The summed E-state index contributed by atoms with van der Waals surface area (Å²) in [5.74, 6) is -1.92. The zero-order chi connectivity index (χ0) is 35.2. The van der Waals surface area contributed by atoms with Crippen LogP contribution in [-0.2, 0) is 14.3 Å². The fourth-order valence-electron chi connectivity index (χ4n) is 4.51. The van der Waals surface area contributed by atoms with Gasteiger partial charge in [0.25, 0.3) is 17.5 Å². The van der Waals surface area contributed by atoms with Crippen LogP contribution in [0.1, 0.15) is 59.4 Å². The maximum atomic E-state index is 13.5. The highest BCUT2D eigenvalue weighted by atomic mass is 32.2. The molecule has 4 aromatic rings. The summed E-state index contributed by atoms with van der Waals surface area (Å²) >= 11 is 1.30. The van der Waals surface area contributed by atoms with Gasteiger partial charge in [-0.2, -0.15) is 0 Å². The Morgan fingerprint density at radius 1 is 0.837 bits per heavy atom. The molecular weight excluding hydrogens is 644 g/mol. The molecule has 0 aliphatic carbocycles. The number of nitro benzene ring substituents is 1. The normalized spacial score (nSPS) is 11.6. The molecule has 0 fully saturated rings. The third-order valence-electron chi connectivity index (χ3n) is 7.11. The summed E-state index contributed by atoms with van der Waals surface area (Å²) in [6, 6.07) is 27.5. The molecule has 252 valence electrons. The third kappa shape index (κ3) is 10.6. The molecule has 0 spiro atoms. The number of esters is 1. The van der Waals surface area contributed by atoms with Gasteiger partial charge >= 0.3 is 5.97 Å². The molecule has 0 radical (unpaired) electrons. The average molecular weight is 681 g/mol. The van der Waals surface area contributed by atoms with E-state index in [9.17, 15) is 29.3 Å². The van der Waals surface area contributed by atoms with E-state index in [4.69, 9.17) is 4.74 Å². The second-order valence-electron chi connectivity index (χ2n) is 10.7. The first-order chi connectivity index (χ1) is 23.7. The number of carbonyl (C=O) groups is 4. The monoisotopic (exact) mass is 680 g/mol. The highest BCUT2D eigenvalue weighted by Crippen LogP contribution is 2.29. The van der Waals surface area contributed by atoms with Crippen molar-refractivity contribution in [3.05, 3.63) is 136 Å². The van der Waals surface area contributed by atoms with Crippen molar-refractivity contribution in [3.63, 3.8) is 0 Å². The number of nitrogens with zero attached hydrogens (tertiary/aromatic N) is 1. The second-order valence-corrected chi connectivity index (χ2v) is 12.0. The average Bonchev–Trinajstić information content (AvgIpc) is 3.11. The van der Waals surface area contributed by atoms with Crippen LogP contribution in [0.5, 0.6) is 0 Å². The van der Waals surface area contributed by atoms with E-state index in [1.807, 2.05) is 13.8 Å². The van der Waals surface area contributed by atoms with Crippen molar-refractivity contribution in [2.75, 3.05) is 17.2 Å². The predicted octanol–water partition coefficient (Wildman–Crippen LogP) is 7.47. The quantitative estimate of drug-likeness (QED) is 0.0292. The van der Waals surface area contributed by atoms with Gasteiger partial charge in [-0.15, -0.1) is 11.8 Å². The molecule has 0 saturated heterocycles. The van der Waals surface area contributed by atoms with Gasteiger partial charge in [-0.25, -0.2) is 4.79 Å². The Hall–Kier alpha value is -5.75. The van der Waals surface area contributed by atoms with E-state index in [1.165, 1.54) is 36.0 Å². The number of ether oxygens (including phenoxy) is 1. The van der Waals surface area contributed by atoms with E-state index >= 15 is 0 Å². The Morgan fingerprint density at radius 2 is 1.55 bits per heavy atom. The zero-order valence-electron chi connectivity index (χ0n) is 27.0. The number of amides is 3. The first kappa shape index (κ1) is 36.1. The van der Waals surface area contributed by atoms with Gasteiger partial charge in [-0.1, -0.05) is 56.7 Å². The third-order valence-corrected chi connectivity index (χ3v) is 8.47. The number of carbonyl (C=O) groups excluding carboxylic acids is 4. The van der Waals surface area contributed by atoms with E-state index in [1.54, 1.807) is 84.9 Å². The second kappa shape index (κ2) is 18.0. The van der Waals surface area contributed by atoms with E-state index in [-0.39, 0.29) is 22.9 Å². The summed E-state index contributed by atoms with van der Waals surface area (Å²) in [6.45, 7) is 4.25. The summed E-state index contributed by atoms with van der Waals surface area (Å²) < 4.78 is 5.23. The van der Waals surface area contributed by atoms with Crippen molar-refractivity contribution in [3.8, 4) is 0 Å². The minimum atomic E-state index is -0.702. The molecule has 0 aromatic heterocycles. The minimum Gasteiger partial charge on any atom is -0.462 e. The van der Waals surface area contributed by atoms with Crippen molar-refractivity contribution in [2.45, 2.75) is 43.3 Å². The number of para-hydroxylation sites is 1. The van der Waals surface area contributed by atoms with E-state index in [0.717, 1.165) is 12.8 Å².